The normalized spacial score (nSPS) is 10.4. The third-order valence-electron chi connectivity index (χ3n) is 3.13. The summed E-state index contributed by atoms with van der Waals surface area (Å²) in [6.45, 7) is 0. The van der Waals surface area contributed by atoms with E-state index in [0.717, 1.165) is 15.8 Å². The Balaban J connectivity index is 1.84. The van der Waals surface area contributed by atoms with Crippen molar-refractivity contribution in [1.82, 2.24) is 4.98 Å². The molecule has 1 aromatic heterocycles. The lowest BCUT2D eigenvalue weighted by molar-refractivity contribution is -0.00523. The number of fused-ring (bicyclic) bond motifs is 1. The first-order chi connectivity index (χ1) is 10.7. The van der Waals surface area contributed by atoms with Gasteiger partial charge in [-0.3, -0.25) is 4.94 Å². The maximum absolute atomic E-state index is 12.6. The van der Waals surface area contributed by atoms with Gasteiger partial charge in [0.2, 0.25) is 0 Å². The molecular weight excluding hydrogens is 303 g/mol. The summed E-state index contributed by atoms with van der Waals surface area (Å²) in [6.07, 6.45) is 1.83. The van der Waals surface area contributed by atoms with Crippen molar-refractivity contribution >= 4 is 34.2 Å². The maximum atomic E-state index is 12.6. The lowest BCUT2D eigenvalue weighted by atomic mass is 10.2. The van der Waals surface area contributed by atoms with Crippen LogP contribution in [-0.2, 0) is 0 Å². The number of benzene rings is 2. The Morgan fingerprint density at radius 2 is 2.14 bits per heavy atom. The molecular formula is C15H11FN4OS. The molecule has 0 aliphatic carbocycles. The molecule has 22 heavy (non-hydrogen) atoms. The quantitative estimate of drug-likeness (QED) is 0.500. The van der Waals surface area contributed by atoms with Crippen molar-refractivity contribution in [2.75, 3.05) is 10.5 Å². The van der Waals surface area contributed by atoms with E-state index in [4.69, 9.17) is 11.0 Å². The van der Waals surface area contributed by atoms with Gasteiger partial charge in [-0.1, -0.05) is 0 Å². The van der Waals surface area contributed by atoms with E-state index in [9.17, 15) is 4.53 Å². The van der Waals surface area contributed by atoms with Crippen LogP contribution in [0.2, 0.25) is 0 Å². The van der Waals surface area contributed by atoms with Crippen LogP contribution in [0.1, 0.15) is 5.56 Å². The van der Waals surface area contributed by atoms with Gasteiger partial charge in [0.15, 0.2) is 5.75 Å². The number of aromatic nitrogens is 1. The molecule has 0 aliphatic rings. The Labute approximate surface area is 129 Å². The zero-order valence-electron chi connectivity index (χ0n) is 11.3. The average Bonchev–Trinajstić information content (AvgIpc) is 2.94. The zero-order chi connectivity index (χ0) is 15.5. The minimum atomic E-state index is -0.0318. The number of hydrogen-bond acceptors (Lipinski definition) is 5. The second-order valence-electron chi connectivity index (χ2n) is 4.56. The van der Waals surface area contributed by atoms with E-state index in [1.807, 2.05) is 30.5 Å². The summed E-state index contributed by atoms with van der Waals surface area (Å²) in [7, 11) is 0. The van der Waals surface area contributed by atoms with Crippen molar-refractivity contribution < 1.29 is 9.47 Å². The Kier molecular flexibility index (Phi) is 3.76. The van der Waals surface area contributed by atoms with Crippen molar-refractivity contribution in [3.63, 3.8) is 0 Å². The van der Waals surface area contributed by atoms with Crippen molar-refractivity contribution in [2.24, 2.45) is 0 Å². The van der Waals surface area contributed by atoms with Crippen LogP contribution in [0.5, 0.6) is 5.75 Å². The number of nitriles is 1. The number of aromatic amines is 1. The first kappa shape index (κ1) is 14.1. The molecule has 0 spiro atoms. The Morgan fingerprint density at radius 1 is 1.27 bits per heavy atom. The SMILES string of the molecule is N#Cc1ccc(NSc2c[nH]c3cc(N)ccc23)c(OF)c1. The smallest absolute Gasteiger partial charge is 0.197 e. The van der Waals surface area contributed by atoms with Crippen molar-refractivity contribution in [2.45, 2.75) is 4.90 Å². The van der Waals surface area contributed by atoms with Crippen LogP contribution in [0.3, 0.4) is 0 Å². The first-order valence-corrected chi connectivity index (χ1v) is 7.15. The van der Waals surface area contributed by atoms with E-state index in [1.54, 1.807) is 12.1 Å². The summed E-state index contributed by atoms with van der Waals surface area (Å²) in [6, 6.07) is 12.0. The minimum Gasteiger partial charge on any atom is -0.399 e. The predicted molar refractivity (Wildman–Crippen MR) is 85.1 cm³/mol. The van der Waals surface area contributed by atoms with Gasteiger partial charge in [-0.25, -0.2) is 0 Å². The molecule has 0 radical (unpaired) electrons. The van der Waals surface area contributed by atoms with E-state index < -0.39 is 0 Å². The maximum Gasteiger partial charge on any atom is 0.197 e. The topological polar surface area (TPSA) is 86.9 Å². The second-order valence-corrected chi connectivity index (χ2v) is 5.41. The molecule has 3 aromatic rings. The molecule has 3 rings (SSSR count). The third-order valence-corrected chi connectivity index (χ3v) is 4.01. The number of anilines is 2. The molecule has 5 nitrogen and oxygen atoms in total. The number of nitrogens with one attached hydrogen (secondary N) is 2. The monoisotopic (exact) mass is 314 g/mol. The van der Waals surface area contributed by atoms with Gasteiger partial charge in [0, 0.05) is 33.4 Å². The van der Waals surface area contributed by atoms with Crippen LogP contribution < -0.4 is 15.4 Å². The number of hydrogen-bond donors (Lipinski definition) is 3. The summed E-state index contributed by atoms with van der Waals surface area (Å²) in [5.41, 5.74) is 8.10. The molecule has 0 fully saturated rings. The van der Waals surface area contributed by atoms with Gasteiger partial charge in [0.05, 0.1) is 22.2 Å². The molecule has 7 heteroatoms. The molecule has 110 valence electrons. The lowest BCUT2D eigenvalue weighted by Gasteiger charge is -2.07. The van der Waals surface area contributed by atoms with Gasteiger partial charge >= 0.3 is 0 Å². The molecule has 0 amide bonds. The Bertz CT molecular complexity index is 872. The van der Waals surface area contributed by atoms with Crippen molar-refractivity contribution in [1.29, 1.82) is 5.26 Å². The number of halogens is 1. The Hall–Kier alpha value is -2.85. The van der Waals surface area contributed by atoms with E-state index in [-0.39, 0.29) is 5.75 Å². The van der Waals surface area contributed by atoms with Crippen molar-refractivity contribution in [3.05, 3.63) is 48.2 Å². The number of nitrogens with zero attached hydrogens (tertiary/aromatic N) is 1. The largest absolute Gasteiger partial charge is 0.399 e. The molecule has 0 saturated carbocycles. The summed E-state index contributed by atoms with van der Waals surface area (Å²) in [4.78, 5) is 7.87. The number of rotatable bonds is 4. The number of nitrogen functional groups attached to an aromatic ring is 1. The molecule has 0 bridgehead atoms. The summed E-state index contributed by atoms with van der Waals surface area (Å²) in [5.74, 6) is -0.0318. The third kappa shape index (κ3) is 2.64. The molecule has 1 heterocycles. The van der Waals surface area contributed by atoms with E-state index >= 15 is 0 Å². The van der Waals surface area contributed by atoms with Crippen LogP contribution in [0, 0.1) is 11.3 Å². The molecule has 0 unspecified atom stereocenters. The lowest BCUT2D eigenvalue weighted by Crippen LogP contribution is -1.91. The van der Waals surface area contributed by atoms with Crippen LogP contribution in [0.25, 0.3) is 10.9 Å². The van der Waals surface area contributed by atoms with E-state index in [0.29, 0.717) is 16.9 Å². The van der Waals surface area contributed by atoms with Gasteiger partial charge < -0.3 is 15.4 Å². The second kappa shape index (κ2) is 5.87. The predicted octanol–water partition coefficient (Wildman–Crippen LogP) is 4.00. The van der Waals surface area contributed by atoms with Crippen LogP contribution in [0.4, 0.5) is 15.9 Å². The molecule has 0 aliphatic heterocycles. The molecule has 0 atom stereocenters. The van der Waals surface area contributed by atoms with Gasteiger partial charge in [0.1, 0.15) is 0 Å². The first-order valence-electron chi connectivity index (χ1n) is 6.33. The van der Waals surface area contributed by atoms with E-state index in [2.05, 4.69) is 14.6 Å². The highest BCUT2D eigenvalue weighted by atomic mass is 32.2. The van der Waals surface area contributed by atoms with Crippen LogP contribution in [-0.4, -0.2) is 4.98 Å². The van der Waals surface area contributed by atoms with E-state index in [1.165, 1.54) is 18.0 Å². The fourth-order valence-electron chi connectivity index (χ4n) is 2.05. The average molecular weight is 314 g/mol. The van der Waals surface area contributed by atoms with Crippen LogP contribution >= 0.6 is 11.9 Å². The highest BCUT2D eigenvalue weighted by Crippen LogP contribution is 2.33. The van der Waals surface area contributed by atoms with Gasteiger partial charge in [-0.15, -0.1) is 0 Å². The molecule has 2 aromatic carbocycles. The summed E-state index contributed by atoms with van der Waals surface area (Å²) < 4.78 is 15.6. The van der Waals surface area contributed by atoms with Gasteiger partial charge in [0.25, 0.3) is 0 Å². The minimum absolute atomic E-state index is 0.0318. The highest BCUT2D eigenvalue weighted by Gasteiger charge is 2.09. The van der Waals surface area contributed by atoms with Crippen molar-refractivity contribution in [3.8, 4) is 11.8 Å². The highest BCUT2D eigenvalue weighted by molar-refractivity contribution is 8.00. The Morgan fingerprint density at radius 3 is 2.91 bits per heavy atom. The zero-order valence-corrected chi connectivity index (χ0v) is 12.1. The summed E-state index contributed by atoms with van der Waals surface area (Å²) >= 11 is 1.31. The fourth-order valence-corrected chi connectivity index (χ4v) is 2.85. The van der Waals surface area contributed by atoms with Gasteiger partial charge in [-0.2, -0.15) is 5.26 Å². The van der Waals surface area contributed by atoms with Gasteiger partial charge in [-0.05, 0) is 42.3 Å². The number of nitrogens with two attached hydrogens (primary N) is 1. The number of H-pyrrole nitrogens is 1. The molecule has 4 N–H and O–H groups in total. The standard InChI is InChI=1S/C15H11FN4OS/c16-21-14-5-9(7-17)1-4-12(14)20-22-15-8-19-13-6-10(18)2-3-11(13)15/h1-6,8,19-20H,18H2. The fraction of sp³-hybridized carbons (Fsp3) is 0. The van der Waals surface area contributed by atoms with Crippen LogP contribution in [0.15, 0.2) is 47.5 Å². The molecule has 0 saturated heterocycles. The summed E-state index contributed by atoms with van der Waals surface area (Å²) in [5, 5.41) is 9.80.